The number of carbonyl (C=O) groups excluding carboxylic acids is 1. The maximum absolute atomic E-state index is 11.8. The first-order valence-electron chi connectivity index (χ1n) is 5.48. The van der Waals surface area contributed by atoms with E-state index in [1.54, 1.807) is 12.3 Å². The fourth-order valence-corrected chi connectivity index (χ4v) is 1.83. The van der Waals surface area contributed by atoms with Crippen LogP contribution >= 0.6 is 0 Å². The Morgan fingerprint density at radius 3 is 2.94 bits per heavy atom. The molecule has 1 aromatic rings. The number of nitrogens with two attached hydrogens (primary N) is 1. The minimum atomic E-state index is -0.131. The van der Waals surface area contributed by atoms with Gasteiger partial charge in [0.15, 0.2) is 0 Å². The number of nitrogen functional groups attached to an aromatic ring is 1. The lowest BCUT2D eigenvalue weighted by atomic mass is 10.1. The van der Waals surface area contributed by atoms with E-state index < -0.39 is 0 Å². The van der Waals surface area contributed by atoms with E-state index in [2.05, 4.69) is 24.1 Å². The van der Waals surface area contributed by atoms with Crippen molar-refractivity contribution in [2.45, 2.75) is 20.3 Å². The van der Waals surface area contributed by atoms with Crippen molar-refractivity contribution < 1.29 is 4.79 Å². The van der Waals surface area contributed by atoms with Crippen molar-refractivity contribution in [2.75, 3.05) is 12.3 Å². The van der Waals surface area contributed by atoms with Crippen molar-refractivity contribution in [1.82, 2.24) is 10.3 Å². The van der Waals surface area contributed by atoms with Gasteiger partial charge in [0.1, 0.15) is 0 Å². The number of hydrogen-bond acceptors (Lipinski definition) is 3. The number of nitrogens with zero attached hydrogens (tertiary/aromatic N) is 1. The van der Waals surface area contributed by atoms with Gasteiger partial charge in [-0.15, -0.1) is 0 Å². The van der Waals surface area contributed by atoms with E-state index in [1.165, 1.54) is 12.6 Å². The van der Waals surface area contributed by atoms with Crippen LogP contribution in [0.2, 0.25) is 0 Å². The lowest BCUT2D eigenvalue weighted by Gasteiger charge is -2.07. The quantitative estimate of drug-likeness (QED) is 0.808. The van der Waals surface area contributed by atoms with Crippen LogP contribution < -0.4 is 11.1 Å². The van der Waals surface area contributed by atoms with E-state index in [0.717, 1.165) is 6.54 Å². The number of carbonyl (C=O) groups is 1. The Hall–Kier alpha value is -1.58. The summed E-state index contributed by atoms with van der Waals surface area (Å²) in [6, 6.07) is 1.63. The Bertz CT molecular complexity index is 414. The highest BCUT2D eigenvalue weighted by molar-refractivity contribution is 5.98. The van der Waals surface area contributed by atoms with Crippen LogP contribution in [0.15, 0.2) is 18.5 Å². The van der Waals surface area contributed by atoms with E-state index in [0.29, 0.717) is 22.6 Å². The highest BCUT2D eigenvalue weighted by Gasteiger charge is 2.45. The van der Waals surface area contributed by atoms with E-state index in [4.69, 9.17) is 5.73 Å². The number of nitrogens with one attached hydrogen (secondary N) is 1. The molecule has 16 heavy (non-hydrogen) atoms. The number of pyridine rings is 1. The molecular weight excluding hydrogens is 202 g/mol. The highest BCUT2D eigenvalue weighted by Crippen LogP contribution is 2.50. The summed E-state index contributed by atoms with van der Waals surface area (Å²) in [5.41, 5.74) is 7.01. The second-order valence-electron chi connectivity index (χ2n) is 5.06. The van der Waals surface area contributed by atoms with Gasteiger partial charge in [-0.1, -0.05) is 13.8 Å². The lowest BCUT2D eigenvalue weighted by molar-refractivity contribution is 0.0951. The Morgan fingerprint density at radius 2 is 2.38 bits per heavy atom. The Morgan fingerprint density at radius 1 is 1.69 bits per heavy atom. The lowest BCUT2D eigenvalue weighted by Crippen LogP contribution is -2.27. The minimum absolute atomic E-state index is 0.131. The van der Waals surface area contributed by atoms with Gasteiger partial charge < -0.3 is 11.1 Å². The van der Waals surface area contributed by atoms with Crippen molar-refractivity contribution in [3.05, 3.63) is 24.0 Å². The molecule has 3 N–H and O–H groups in total. The van der Waals surface area contributed by atoms with E-state index >= 15 is 0 Å². The molecular formula is C12H17N3O. The number of hydrogen-bond donors (Lipinski definition) is 2. The number of amides is 1. The maximum Gasteiger partial charge on any atom is 0.254 e. The summed E-state index contributed by atoms with van der Waals surface area (Å²) in [5, 5.41) is 2.90. The summed E-state index contributed by atoms with van der Waals surface area (Å²) in [5.74, 6) is 0.461. The molecule has 4 nitrogen and oxygen atoms in total. The molecule has 0 aromatic carbocycles. The molecule has 0 aliphatic heterocycles. The van der Waals surface area contributed by atoms with Crippen molar-refractivity contribution in [1.29, 1.82) is 0 Å². The van der Waals surface area contributed by atoms with E-state index in [-0.39, 0.29) is 5.91 Å². The Labute approximate surface area is 95.3 Å². The van der Waals surface area contributed by atoms with Crippen LogP contribution in [0.4, 0.5) is 5.69 Å². The summed E-state index contributed by atoms with van der Waals surface area (Å²) in [6.07, 6.45) is 4.26. The predicted octanol–water partition coefficient (Wildman–Crippen LogP) is 1.44. The third-order valence-electron chi connectivity index (χ3n) is 3.33. The molecule has 2 rings (SSSR count). The smallest absolute Gasteiger partial charge is 0.254 e. The van der Waals surface area contributed by atoms with Gasteiger partial charge in [-0.25, -0.2) is 0 Å². The first kappa shape index (κ1) is 10.9. The van der Waals surface area contributed by atoms with Crippen LogP contribution in [-0.2, 0) is 0 Å². The zero-order chi connectivity index (χ0) is 11.8. The van der Waals surface area contributed by atoms with Gasteiger partial charge in [0.2, 0.25) is 0 Å². The molecule has 1 atom stereocenters. The number of anilines is 1. The second-order valence-corrected chi connectivity index (χ2v) is 5.06. The molecule has 1 aliphatic rings. The molecule has 1 saturated carbocycles. The molecule has 0 saturated heterocycles. The van der Waals surface area contributed by atoms with Gasteiger partial charge in [-0.2, -0.15) is 0 Å². The monoisotopic (exact) mass is 219 g/mol. The van der Waals surface area contributed by atoms with Crippen LogP contribution in [-0.4, -0.2) is 17.4 Å². The predicted molar refractivity (Wildman–Crippen MR) is 62.9 cm³/mol. The highest BCUT2D eigenvalue weighted by atomic mass is 16.1. The van der Waals surface area contributed by atoms with Crippen molar-refractivity contribution in [2.24, 2.45) is 11.3 Å². The Balaban J connectivity index is 1.92. The Kier molecular flexibility index (Phi) is 2.58. The molecule has 0 bridgehead atoms. The van der Waals surface area contributed by atoms with Crippen LogP contribution in [0.3, 0.4) is 0 Å². The molecule has 0 spiro atoms. The molecule has 1 unspecified atom stereocenters. The molecule has 0 radical (unpaired) electrons. The fourth-order valence-electron chi connectivity index (χ4n) is 1.83. The van der Waals surface area contributed by atoms with Crippen LogP contribution in [0.5, 0.6) is 0 Å². The van der Waals surface area contributed by atoms with Gasteiger partial charge in [0.25, 0.3) is 5.91 Å². The molecule has 1 fully saturated rings. The van der Waals surface area contributed by atoms with E-state index in [9.17, 15) is 4.79 Å². The number of rotatable bonds is 3. The molecule has 1 aliphatic carbocycles. The third kappa shape index (κ3) is 2.15. The molecule has 86 valence electrons. The SMILES string of the molecule is CC1(C)CC1CNC(=O)c1cnccc1N. The van der Waals surface area contributed by atoms with Gasteiger partial charge >= 0.3 is 0 Å². The largest absolute Gasteiger partial charge is 0.398 e. The van der Waals surface area contributed by atoms with Gasteiger partial charge in [-0.3, -0.25) is 9.78 Å². The first-order chi connectivity index (χ1) is 7.50. The number of aromatic nitrogens is 1. The van der Waals surface area contributed by atoms with Crippen LogP contribution in [0.1, 0.15) is 30.6 Å². The van der Waals surface area contributed by atoms with Crippen molar-refractivity contribution in [3.8, 4) is 0 Å². The second kappa shape index (κ2) is 3.77. The summed E-state index contributed by atoms with van der Waals surface area (Å²) >= 11 is 0. The molecule has 4 heteroatoms. The molecule has 1 aromatic heterocycles. The maximum atomic E-state index is 11.8. The molecule has 1 heterocycles. The average Bonchev–Trinajstić information content (AvgIpc) is 2.84. The minimum Gasteiger partial charge on any atom is -0.398 e. The van der Waals surface area contributed by atoms with Gasteiger partial charge in [-0.05, 0) is 23.8 Å². The third-order valence-corrected chi connectivity index (χ3v) is 3.33. The molecule has 1 amide bonds. The van der Waals surface area contributed by atoms with Crippen molar-refractivity contribution in [3.63, 3.8) is 0 Å². The summed E-state index contributed by atoms with van der Waals surface area (Å²) < 4.78 is 0. The fraction of sp³-hybridized carbons (Fsp3) is 0.500. The summed E-state index contributed by atoms with van der Waals surface area (Å²) in [7, 11) is 0. The first-order valence-corrected chi connectivity index (χ1v) is 5.48. The van der Waals surface area contributed by atoms with E-state index in [1.807, 2.05) is 0 Å². The van der Waals surface area contributed by atoms with Crippen LogP contribution in [0, 0.1) is 11.3 Å². The summed E-state index contributed by atoms with van der Waals surface area (Å²) in [4.78, 5) is 15.7. The standard InChI is InChI=1S/C12H17N3O/c1-12(2)5-8(12)6-15-11(16)9-7-14-4-3-10(9)13/h3-4,7-8H,5-6H2,1-2H3,(H2,13,14)(H,15,16). The van der Waals surface area contributed by atoms with Gasteiger partial charge in [0, 0.05) is 24.6 Å². The van der Waals surface area contributed by atoms with Crippen LogP contribution in [0.25, 0.3) is 0 Å². The summed E-state index contributed by atoms with van der Waals surface area (Å²) in [6.45, 7) is 5.14. The average molecular weight is 219 g/mol. The topological polar surface area (TPSA) is 68.0 Å². The van der Waals surface area contributed by atoms with Gasteiger partial charge in [0.05, 0.1) is 5.56 Å². The zero-order valence-electron chi connectivity index (χ0n) is 9.66. The normalized spacial score (nSPS) is 21.5. The zero-order valence-corrected chi connectivity index (χ0v) is 9.66. The van der Waals surface area contributed by atoms with Crippen molar-refractivity contribution >= 4 is 11.6 Å².